The number of halogens is 1. The Morgan fingerprint density at radius 2 is 2.29 bits per heavy atom. The Hall–Kier alpha value is -2.18. The van der Waals surface area contributed by atoms with Gasteiger partial charge in [-0.15, -0.1) is 11.3 Å². The average Bonchev–Trinajstić information content (AvgIpc) is 3.00. The number of amides is 1. The average molecular weight is 319 g/mol. The second-order valence-corrected chi connectivity index (χ2v) is 5.53. The molecule has 1 amide bonds. The highest BCUT2D eigenvalue weighted by Crippen LogP contribution is 2.18. The number of pyridine rings is 1. The van der Waals surface area contributed by atoms with Gasteiger partial charge in [0.25, 0.3) is 5.91 Å². The maximum absolute atomic E-state index is 11.9. The fraction of sp³-hybridized carbons (Fsp3) is 0.0714. The molecule has 0 fully saturated rings. The van der Waals surface area contributed by atoms with Gasteiger partial charge in [-0.3, -0.25) is 9.20 Å². The number of nitrogens with zero attached hydrogens (tertiary/aromatic N) is 4. The van der Waals surface area contributed by atoms with Crippen LogP contribution in [0, 0.1) is 0 Å². The molecule has 7 heteroatoms. The Kier molecular flexibility index (Phi) is 3.72. The molecule has 3 rings (SSSR count). The second kappa shape index (κ2) is 5.67. The van der Waals surface area contributed by atoms with Crippen molar-refractivity contribution in [2.75, 3.05) is 0 Å². The van der Waals surface area contributed by atoms with E-state index in [9.17, 15) is 4.79 Å². The van der Waals surface area contributed by atoms with Crippen LogP contribution in [-0.4, -0.2) is 19.9 Å². The smallest absolute Gasteiger partial charge is 0.272 e. The molecular formula is C14H11ClN4OS. The van der Waals surface area contributed by atoms with E-state index in [4.69, 9.17) is 11.6 Å². The van der Waals surface area contributed by atoms with Crippen LogP contribution in [0.2, 0.25) is 5.15 Å². The molecule has 21 heavy (non-hydrogen) atoms. The van der Waals surface area contributed by atoms with E-state index in [2.05, 4.69) is 9.98 Å². The normalized spacial score (nSPS) is 12.6. The fourth-order valence-electron chi connectivity index (χ4n) is 1.85. The van der Waals surface area contributed by atoms with Gasteiger partial charge in [0.15, 0.2) is 9.95 Å². The molecule has 0 bridgehead atoms. The van der Waals surface area contributed by atoms with E-state index in [1.54, 1.807) is 10.6 Å². The summed E-state index contributed by atoms with van der Waals surface area (Å²) in [5, 5.41) is 2.23. The van der Waals surface area contributed by atoms with Gasteiger partial charge in [-0.05, 0) is 18.2 Å². The molecule has 5 nitrogen and oxygen atoms in total. The summed E-state index contributed by atoms with van der Waals surface area (Å²) in [5.41, 5.74) is 1.39. The van der Waals surface area contributed by atoms with E-state index in [1.807, 2.05) is 47.4 Å². The zero-order valence-electron chi connectivity index (χ0n) is 11.1. The van der Waals surface area contributed by atoms with Crippen LogP contribution in [0.15, 0.2) is 47.0 Å². The predicted molar refractivity (Wildman–Crippen MR) is 83.1 cm³/mol. The molecule has 3 aromatic heterocycles. The number of hydrogen-bond donors (Lipinski definition) is 0. The summed E-state index contributed by atoms with van der Waals surface area (Å²) in [7, 11) is 1.84. The SMILES string of the molecule is Cn1ccsc1=NC(=O)/C=C/c1c(Cl)nc2ccccn12. The first-order valence-electron chi connectivity index (χ1n) is 6.14. The van der Waals surface area contributed by atoms with Crippen LogP contribution in [0.4, 0.5) is 0 Å². The van der Waals surface area contributed by atoms with Crippen molar-refractivity contribution in [2.24, 2.45) is 12.0 Å². The van der Waals surface area contributed by atoms with Gasteiger partial charge in [0.1, 0.15) is 5.65 Å². The first-order valence-corrected chi connectivity index (χ1v) is 7.40. The number of aryl methyl sites for hydroxylation is 1. The van der Waals surface area contributed by atoms with Crippen LogP contribution < -0.4 is 4.80 Å². The minimum atomic E-state index is -0.338. The minimum absolute atomic E-state index is 0.338. The molecule has 0 aliphatic heterocycles. The topological polar surface area (TPSA) is 51.7 Å². The zero-order valence-corrected chi connectivity index (χ0v) is 12.7. The van der Waals surface area contributed by atoms with Crippen LogP contribution in [-0.2, 0) is 11.8 Å². The third-order valence-electron chi connectivity index (χ3n) is 2.87. The highest BCUT2D eigenvalue weighted by Gasteiger charge is 2.07. The van der Waals surface area contributed by atoms with Crippen molar-refractivity contribution < 1.29 is 4.79 Å². The number of carbonyl (C=O) groups excluding carboxylic acids is 1. The van der Waals surface area contributed by atoms with Crippen LogP contribution in [0.1, 0.15) is 5.69 Å². The van der Waals surface area contributed by atoms with Gasteiger partial charge in [-0.1, -0.05) is 17.7 Å². The van der Waals surface area contributed by atoms with Crippen LogP contribution in [0.3, 0.4) is 0 Å². The maximum Gasteiger partial charge on any atom is 0.272 e. The van der Waals surface area contributed by atoms with Gasteiger partial charge in [0.2, 0.25) is 0 Å². The molecular weight excluding hydrogens is 308 g/mol. The Labute approximate surface area is 129 Å². The summed E-state index contributed by atoms with van der Waals surface area (Å²) in [6, 6.07) is 5.60. The van der Waals surface area contributed by atoms with Gasteiger partial charge in [0, 0.05) is 30.9 Å². The van der Waals surface area contributed by atoms with E-state index in [0.717, 1.165) is 5.65 Å². The van der Waals surface area contributed by atoms with E-state index < -0.39 is 0 Å². The fourth-order valence-corrected chi connectivity index (χ4v) is 2.83. The number of thiazole rings is 1. The van der Waals surface area contributed by atoms with Crippen LogP contribution in [0.5, 0.6) is 0 Å². The summed E-state index contributed by atoms with van der Waals surface area (Å²) >= 11 is 7.50. The number of carbonyl (C=O) groups is 1. The van der Waals surface area contributed by atoms with Gasteiger partial charge < -0.3 is 4.57 Å². The molecule has 0 saturated heterocycles. The van der Waals surface area contributed by atoms with Crippen LogP contribution >= 0.6 is 22.9 Å². The molecule has 3 heterocycles. The summed E-state index contributed by atoms with van der Waals surface area (Å²) in [6.07, 6.45) is 6.71. The van der Waals surface area contributed by atoms with Crippen LogP contribution in [0.25, 0.3) is 11.7 Å². The molecule has 0 saturated carbocycles. The first-order chi connectivity index (χ1) is 10.1. The highest BCUT2D eigenvalue weighted by molar-refractivity contribution is 7.07. The van der Waals surface area contributed by atoms with Gasteiger partial charge in [-0.2, -0.15) is 4.99 Å². The number of hydrogen-bond acceptors (Lipinski definition) is 3. The molecule has 106 valence electrons. The minimum Gasteiger partial charge on any atom is -0.327 e. The largest absolute Gasteiger partial charge is 0.327 e. The van der Waals surface area contributed by atoms with Crippen molar-refractivity contribution in [3.63, 3.8) is 0 Å². The number of fused-ring (bicyclic) bond motifs is 1. The standard InChI is InChI=1S/C14H11ClN4OS/c1-18-8-9-21-14(18)17-12(20)6-5-10-13(15)16-11-4-2-3-7-19(10)11/h2-9H,1H3/b6-5+,17-14?. The molecule has 0 aromatic carbocycles. The predicted octanol–water partition coefficient (Wildman–Crippen LogP) is 2.53. The Morgan fingerprint density at radius 3 is 3.05 bits per heavy atom. The molecule has 0 spiro atoms. The maximum atomic E-state index is 11.9. The van der Waals surface area contributed by atoms with E-state index in [0.29, 0.717) is 15.6 Å². The van der Waals surface area contributed by atoms with Crippen molar-refractivity contribution in [3.05, 3.63) is 57.7 Å². The Bertz CT molecular complexity index is 903. The number of rotatable bonds is 2. The van der Waals surface area contributed by atoms with Crippen molar-refractivity contribution in [1.29, 1.82) is 0 Å². The number of imidazole rings is 1. The Balaban J connectivity index is 1.94. The summed E-state index contributed by atoms with van der Waals surface area (Å²) in [5.74, 6) is -0.338. The van der Waals surface area contributed by atoms with E-state index in [-0.39, 0.29) is 5.91 Å². The van der Waals surface area contributed by atoms with Gasteiger partial charge >= 0.3 is 0 Å². The van der Waals surface area contributed by atoms with Gasteiger partial charge in [0.05, 0.1) is 5.69 Å². The quantitative estimate of drug-likeness (QED) is 0.682. The van der Waals surface area contributed by atoms with Crippen molar-refractivity contribution in [3.8, 4) is 0 Å². The third kappa shape index (κ3) is 2.81. The Morgan fingerprint density at radius 1 is 1.43 bits per heavy atom. The van der Waals surface area contributed by atoms with Gasteiger partial charge in [-0.25, -0.2) is 4.98 Å². The molecule has 0 atom stereocenters. The lowest BCUT2D eigenvalue weighted by molar-refractivity contribution is -0.113. The molecule has 0 unspecified atom stereocenters. The summed E-state index contributed by atoms with van der Waals surface area (Å²) in [4.78, 5) is 20.7. The first kappa shape index (κ1) is 13.8. The lowest BCUT2D eigenvalue weighted by Crippen LogP contribution is -2.11. The second-order valence-electron chi connectivity index (χ2n) is 4.30. The van der Waals surface area contributed by atoms with Crippen molar-refractivity contribution in [1.82, 2.24) is 14.0 Å². The highest BCUT2D eigenvalue weighted by atomic mass is 35.5. The molecule has 0 aliphatic carbocycles. The van der Waals surface area contributed by atoms with E-state index >= 15 is 0 Å². The zero-order chi connectivity index (χ0) is 14.8. The monoisotopic (exact) mass is 318 g/mol. The molecule has 0 radical (unpaired) electrons. The molecule has 0 N–H and O–H groups in total. The third-order valence-corrected chi connectivity index (χ3v) is 4.00. The summed E-state index contributed by atoms with van der Waals surface area (Å²) < 4.78 is 3.61. The van der Waals surface area contributed by atoms with Crippen molar-refractivity contribution >= 4 is 40.6 Å². The summed E-state index contributed by atoms with van der Waals surface area (Å²) in [6.45, 7) is 0. The van der Waals surface area contributed by atoms with Crippen molar-refractivity contribution in [2.45, 2.75) is 0 Å². The lowest BCUT2D eigenvalue weighted by atomic mass is 10.4. The molecule has 3 aromatic rings. The lowest BCUT2D eigenvalue weighted by Gasteiger charge is -1.94. The number of aromatic nitrogens is 3. The molecule has 0 aliphatic rings. The van der Waals surface area contributed by atoms with E-state index in [1.165, 1.54) is 17.4 Å².